The maximum atomic E-state index is 11.4. The van der Waals surface area contributed by atoms with Gasteiger partial charge in [-0.2, -0.15) is 0 Å². The molecule has 78 valence electrons. The molecule has 0 aliphatic carbocycles. The number of aryl methyl sites for hydroxylation is 1. The Balaban J connectivity index is 2.29. The van der Waals surface area contributed by atoms with Crippen molar-refractivity contribution in [1.82, 2.24) is 10.5 Å². The lowest BCUT2D eigenvalue weighted by molar-refractivity contribution is 0.0944. The first-order valence-corrected chi connectivity index (χ1v) is 5.63. The van der Waals surface area contributed by atoms with E-state index in [9.17, 15) is 4.79 Å². The molecule has 0 unspecified atom stereocenters. The summed E-state index contributed by atoms with van der Waals surface area (Å²) in [7, 11) is 0. The van der Waals surface area contributed by atoms with Crippen molar-refractivity contribution < 1.29 is 9.32 Å². The van der Waals surface area contributed by atoms with E-state index < -0.39 is 0 Å². The Morgan fingerprint density at radius 2 is 2.43 bits per heavy atom. The Kier molecular flexibility index (Phi) is 4.65. The molecule has 1 aromatic rings. The number of rotatable bonds is 5. The summed E-state index contributed by atoms with van der Waals surface area (Å²) in [4.78, 5) is 11.4. The van der Waals surface area contributed by atoms with Crippen LogP contribution in [0.15, 0.2) is 10.6 Å². The van der Waals surface area contributed by atoms with Gasteiger partial charge in [0, 0.05) is 17.9 Å². The van der Waals surface area contributed by atoms with Crippen molar-refractivity contribution in [3.63, 3.8) is 0 Å². The summed E-state index contributed by atoms with van der Waals surface area (Å²) in [6.45, 7) is 2.44. The van der Waals surface area contributed by atoms with Crippen LogP contribution in [-0.2, 0) is 0 Å². The van der Waals surface area contributed by atoms with Crippen molar-refractivity contribution in [1.29, 1.82) is 0 Å². The normalized spacial score (nSPS) is 10.1. The highest BCUT2D eigenvalue weighted by molar-refractivity contribution is 9.09. The van der Waals surface area contributed by atoms with Crippen molar-refractivity contribution >= 4 is 21.8 Å². The van der Waals surface area contributed by atoms with Crippen LogP contribution in [0.4, 0.5) is 0 Å². The molecule has 0 bridgehead atoms. The van der Waals surface area contributed by atoms with Gasteiger partial charge in [-0.15, -0.1) is 0 Å². The van der Waals surface area contributed by atoms with Crippen LogP contribution in [0, 0.1) is 6.92 Å². The molecule has 0 atom stereocenters. The second kappa shape index (κ2) is 5.80. The van der Waals surface area contributed by atoms with Crippen molar-refractivity contribution in [2.24, 2.45) is 0 Å². The molecule has 14 heavy (non-hydrogen) atoms. The summed E-state index contributed by atoms with van der Waals surface area (Å²) in [6, 6.07) is 1.62. The van der Waals surface area contributed by atoms with Crippen molar-refractivity contribution in [2.45, 2.75) is 19.8 Å². The van der Waals surface area contributed by atoms with Crippen molar-refractivity contribution in [3.05, 3.63) is 17.5 Å². The lowest BCUT2D eigenvalue weighted by Gasteiger charge is -2.00. The van der Waals surface area contributed by atoms with Crippen LogP contribution >= 0.6 is 15.9 Å². The largest absolute Gasteiger partial charge is 0.361 e. The topological polar surface area (TPSA) is 55.1 Å². The van der Waals surface area contributed by atoms with E-state index in [0.717, 1.165) is 18.2 Å². The number of nitrogens with zero attached hydrogens (tertiary/aromatic N) is 1. The third-order valence-electron chi connectivity index (χ3n) is 1.71. The third-order valence-corrected chi connectivity index (χ3v) is 2.27. The highest BCUT2D eigenvalue weighted by atomic mass is 79.9. The summed E-state index contributed by atoms with van der Waals surface area (Å²) in [5.74, 6) is 0.479. The van der Waals surface area contributed by atoms with Gasteiger partial charge in [0.15, 0.2) is 5.69 Å². The van der Waals surface area contributed by atoms with Crippen LogP contribution in [0.3, 0.4) is 0 Å². The monoisotopic (exact) mass is 260 g/mol. The zero-order valence-electron chi connectivity index (χ0n) is 8.05. The molecule has 4 nitrogen and oxygen atoms in total. The molecule has 0 saturated heterocycles. The third kappa shape index (κ3) is 3.49. The van der Waals surface area contributed by atoms with Crippen molar-refractivity contribution in [2.75, 3.05) is 11.9 Å². The first-order valence-electron chi connectivity index (χ1n) is 4.51. The van der Waals surface area contributed by atoms with Crippen LogP contribution in [0.25, 0.3) is 0 Å². The van der Waals surface area contributed by atoms with E-state index in [0.29, 0.717) is 18.0 Å². The molecule has 5 heteroatoms. The van der Waals surface area contributed by atoms with Crippen LogP contribution in [0.5, 0.6) is 0 Å². The number of nitrogens with one attached hydrogen (secondary N) is 1. The van der Waals surface area contributed by atoms with E-state index in [-0.39, 0.29) is 5.91 Å². The number of carbonyl (C=O) groups excluding carboxylic acids is 1. The van der Waals surface area contributed by atoms with E-state index in [1.807, 2.05) is 0 Å². The zero-order valence-corrected chi connectivity index (χ0v) is 9.63. The summed E-state index contributed by atoms with van der Waals surface area (Å²) in [5, 5.41) is 7.35. The molecule has 1 amide bonds. The molecule has 0 spiro atoms. The smallest absolute Gasteiger partial charge is 0.273 e. The predicted octanol–water partition coefficient (Wildman–Crippen LogP) is 1.89. The van der Waals surface area contributed by atoms with Crippen molar-refractivity contribution in [3.8, 4) is 0 Å². The first kappa shape index (κ1) is 11.2. The minimum Gasteiger partial charge on any atom is -0.361 e. The van der Waals surface area contributed by atoms with Gasteiger partial charge in [0.1, 0.15) is 5.76 Å². The Morgan fingerprint density at radius 1 is 1.64 bits per heavy atom. The Morgan fingerprint density at radius 3 is 3.00 bits per heavy atom. The average molecular weight is 261 g/mol. The minimum absolute atomic E-state index is 0.170. The summed E-state index contributed by atoms with van der Waals surface area (Å²) >= 11 is 3.32. The average Bonchev–Trinajstić information content (AvgIpc) is 2.59. The fourth-order valence-corrected chi connectivity index (χ4v) is 1.38. The van der Waals surface area contributed by atoms with Gasteiger partial charge in [-0.3, -0.25) is 4.79 Å². The number of hydrogen-bond acceptors (Lipinski definition) is 3. The van der Waals surface area contributed by atoms with Gasteiger partial charge >= 0.3 is 0 Å². The molecule has 1 heterocycles. The van der Waals surface area contributed by atoms with E-state index in [2.05, 4.69) is 26.4 Å². The Labute approximate surface area is 91.2 Å². The lowest BCUT2D eigenvalue weighted by Crippen LogP contribution is -2.24. The van der Waals surface area contributed by atoms with E-state index in [1.165, 1.54) is 0 Å². The maximum Gasteiger partial charge on any atom is 0.273 e. The molecule has 0 radical (unpaired) electrons. The van der Waals surface area contributed by atoms with E-state index in [1.54, 1.807) is 13.0 Å². The molecular formula is C9H13BrN2O2. The van der Waals surface area contributed by atoms with Crippen LogP contribution < -0.4 is 5.32 Å². The number of hydrogen-bond donors (Lipinski definition) is 1. The minimum atomic E-state index is -0.170. The van der Waals surface area contributed by atoms with E-state index in [4.69, 9.17) is 4.52 Å². The molecule has 0 aliphatic rings. The SMILES string of the molecule is Cc1cc(C(=O)NCCCCBr)no1. The quantitative estimate of drug-likeness (QED) is 0.650. The standard InChI is InChI=1S/C9H13BrN2O2/c1-7-6-8(12-14-7)9(13)11-5-3-2-4-10/h6H,2-5H2,1H3,(H,11,13). The molecule has 0 aliphatic heterocycles. The number of aromatic nitrogens is 1. The summed E-state index contributed by atoms with van der Waals surface area (Å²) in [5.41, 5.74) is 0.348. The molecule has 0 aromatic carbocycles. The van der Waals surface area contributed by atoms with Gasteiger partial charge in [-0.25, -0.2) is 0 Å². The van der Waals surface area contributed by atoms with Gasteiger partial charge in [-0.1, -0.05) is 21.1 Å². The maximum absolute atomic E-state index is 11.4. The van der Waals surface area contributed by atoms with Gasteiger partial charge in [0.25, 0.3) is 5.91 Å². The highest BCUT2D eigenvalue weighted by Gasteiger charge is 2.09. The van der Waals surface area contributed by atoms with Crippen LogP contribution in [-0.4, -0.2) is 22.9 Å². The molecule has 1 rings (SSSR count). The summed E-state index contributed by atoms with van der Waals surface area (Å²) < 4.78 is 4.79. The van der Waals surface area contributed by atoms with E-state index >= 15 is 0 Å². The fourth-order valence-electron chi connectivity index (χ4n) is 0.985. The Hall–Kier alpha value is -0.840. The second-order valence-electron chi connectivity index (χ2n) is 2.97. The number of halogens is 1. The lowest BCUT2D eigenvalue weighted by atomic mass is 10.3. The Bertz CT molecular complexity index is 299. The van der Waals surface area contributed by atoms with Gasteiger partial charge < -0.3 is 9.84 Å². The zero-order chi connectivity index (χ0) is 10.4. The fraction of sp³-hybridized carbons (Fsp3) is 0.556. The predicted molar refractivity (Wildman–Crippen MR) is 56.6 cm³/mol. The van der Waals surface area contributed by atoms with Gasteiger partial charge in [0.05, 0.1) is 0 Å². The number of alkyl halides is 1. The molecule has 1 N–H and O–H groups in total. The number of unbranched alkanes of at least 4 members (excludes halogenated alkanes) is 1. The molecule has 0 fully saturated rings. The second-order valence-corrected chi connectivity index (χ2v) is 3.77. The van der Waals surface area contributed by atoms with Gasteiger partial charge in [-0.05, 0) is 19.8 Å². The molecule has 0 saturated carbocycles. The van der Waals surface area contributed by atoms with Gasteiger partial charge in [0.2, 0.25) is 0 Å². The first-order chi connectivity index (χ1) is 6.74. The van der Waals surface area contributed by atoms with Crippen LogP contribution in [0.1, 0.15) is 29.1 Å². The van der Waals surface area contributed by atoms with Crippen LogP contribution in [0.2, 0.25) is 0 Å². The number of carbonyl (C=O) groups is 1. The summed E-state index contributed by atoms with van der Waals surface area (Å²) in [6.07, 6.45) is 2.02. The highest BCUT2D eigenvalue weighted by Crippen LogP contribution is 2.01. The molecule has 1 aromatic heterocycles. The molecular weight excluding hydrogens is 248 g/mol. The number of amides is 1.